The minimum Gasteiger partial charge on any atom is -0.352 e. The molecule has 7 heteroatoms. The number of guanidine groups is 1. The summed E-state index contributed by atoms with van der Waals surface area (Å²) in [7, 11) is 1.72. The maximum atomic E-state index is 13.7. The molecule has 0 aromatic heterocycles. The van der Waals surface area contributed by atoms with Crippen molar-refractivity contribution in [2.75, 3.05) is 39.8 Å². The lowest BCUT2D eigenvalue weighted by molar-refractivity contribution is 0.132. The van der Waals surface area contributed by atoms with Crippen LogP contribution in [0.4, 0.5) is 4.39 Å². The first-order valence-corrected chi connectivity index (χ1v) is 10.4. The van der Waals surface area contributed by atoms with Gasteiger partial charge in [-0.2, -0.15) is 0 Å². The third-order valence-corrected chi connectivity index (χ3v) is 5.43. The highest BCUT2D eigenvalue weighted by Gasteiger charge is 2.15. The minimum absolute atomic E-state index is 0. The predicted octanol–water partition coefficient (Wildman–Crippen LogP) is 3.45. The molecule has 0 unspecified atom stereocenters. The van der Waals surface area contributed by atoms with E-state index < -0.39 is 0 Å². The number of hydrogen-bond donors (Lipinski definition) is 2. The van der Waals surface area contributed by atoms with Crippen LogP contribution in [0.5, 0.6) is 0 Å². The van der Waals surface area contributed by atoms with E-state index in [2.05, 4.69) is 56.6 Å². The Labute approximate surface area is 196 Å². The van der Waals surface area contributed by atoms with E-state index in [1.54, 1.807) is 19.2 Å². The van der Waals surface area contributed by atoms with Gasteiger partial charge in [0.25, 0.3) is 0 Å². The molecule has 30 heavy (non-hydrogen) atoms. The van der Waals surface area contributed by atoms with Crippen molar-refractivity contribution in [1.29, 1.82) is 0 Å². The van der Waals surface area contributed by atoms with Gasteiger partial charge in [0.2, 0.25) is 0 Å². The lowest BCUT2D eigenvalue weighted by atomic mass is 10.1. The Balaban J connectivity index is 0.00000320. The van der Waals surface area contributed by atoms with E-state index in [4.69, 9.17) is 0 Å². The fourth-order valence-corrected chi connectivity index (χ4v) is 3.51. The maximum absolute atomic E-state index is 13.7. The largest absolute Gasteiger partial charge is 0.352 e. The monoisotopic (exact) mass is 525 g/mol. The van der Waals surface area contributed by atoms with E-state index in [0.717, 1.165) is 39.3 Å². The zero-order valence-electron chi connectivity index (χ0n) is 17.9. The molecule has 5 nitrogen and oxygen atoms in total. The molecule has 164 valence electrons. The molecule has 1 fully saturated rings. The molecule has 1 heterocycles. The van der Waals surface area contributed by atoms with Gasteiger partial charge in [-0.05, 0) is 23.7 Å². The van der Waals surface area contributed by atoms with Crippen LogP contribution in [0, 0.1) is 5.82 Å². The van der Waals surface area contributed by atoms with Crippen LogP contribution in [0.2, 0.25) is 0 Å². The van der Waals surface area contributed by atoms with Crippen LogP contribution < -0.4 is 10.6 Å². The van der Waals surface area contributed by atoms with E-state index in [9.17, 15) is 4.39 Å². The molecular weight excluding hydrogens is 492 g/mol. The van der Waals surface area contributed by atoms with Crippen molar-refractivity contribution in [3.63, 3.8) is 0 Å². The Kier molecular flexibility index (Phi) is 10.5. The Hall–Kier alpha value is -1.71. The summed E-state index contributed by atoms with van der Waals surface area (Å²) in [4.78, 5) is 9.24. The molecule has 0 atom stereocenters. The van der Waals surface area contributed by atoms with Crippen molar-refractivity contribution < 1.29 is 4.39 Å². The van der Waals surface area contributed by atoms with Gasteiger partial charge in [0.05, 0.1) is 0 Å². The minimum atomic E-state index is -0.206. The molecule has 0 spiro atoms. The highest BCUT2D eigenvalue weighted by Crippen LogP contribution is 2.10. The number of hydrogen-bond acceptors (Lipinski definition) is 3. The average Bonchev–Trinajstić information content (AvgIpc) is 2.76. The van der Waals surface area contributed by atoms with Crippen molar-refractivity contribution in [3.8, 4) is 0 Å². The third-order valence-electron chi connectivity index (χ3n) is 5.43. The van der Waals surface area contributed by atoms with Gasteiger partial charge in [0.1, 0.15) is 5.82 Å². The number of benzene rings is 2. The first kappa shape index (κ1) is 24.6. The number of aliphatic imine (C=N–C) groups is 1. The van der Waals surface area contributed by atoms with Gasteiger partial charge in [-0.1, -0.05) is 49.4 Å². The van der Waals surface area contributed by atoms with Crippen LogP contribution in [-0.4, -0.2) is 55.5 Å². The van der Waals surface area contributed by atoms with Gasteiger partial charge in [-0.3, -0.25) is 9.89 Å². The zero-order valence-corrected chi connectivity index (χ0v) is 20.2. The van der Waals surface area contributed by atoms with Crippen molar-refractivity contribution in [3.05, 3.63) is 71.0 Å². The number of likely N-dealkylation sites (N-methyl/N-ethyl adjacent to an activating group) is 1. The Morgan fingerprint density at radius 2 is 1.50 bits per heavy atom. The predicted molar refractivity (Wildman–Crippen MR) is 133 cm³/mol. The smallest absolute Gasteiger partial charge is 0.191 e. The second-order valence-corrected chi connectivity index (χ2v) is 7.40. The lowest BCUT2D eigenvalue weighted by Gasteiger charge is -2.34. The maximum Gasteiger partial charge on any atom is 0.191 e. The van der Waals surface area contributed by atoms with Gasteiger partial charge in [0, 0.05) is 58.4 Å². The van der Waals surface area contributed by atoms with Crippen molar-refractivity contribution in [2.24, 2.45) is 4.99 Å². The Morgan fingerprint density at radius 1 is 0.900 bits per heavy atom. The summed E-state index contributed by atoms with van der Waals surface area (Å²) < 4.78 is 13.7. The first-order valence-electron chi connectivity index (χ1n) is 10.4. The van der Waals surface area contributed by atoms with Crippen LogP contribution in [0.3, 0.4) is 0 Å². The molecule has 0 radical (unpaired) electrons. The van der Waals surface area contributed by atoms with E-state index in [0.29, 0.717) is 24.6 Å². The molecule has 0 amide bonds. The summed E-state index contributed by atoms with van der Waals surface area (Å²) in [6, 6.07) is 15.5. The van der Waals surface area contributed by atoms with Gasteiger partial charge in [-0.25, -0.2) is 4.39 Å². The summed E-state index contributed by atoms with van der Waals surface area (Å²) in [6.07, 6.45) is 0. The third kappa shape index (κ3) is 7.52. The zero-order chi connectivity index (χ0) is 20.5. The Bertz CT molecular complexity index is 788. The van der Waals surface area contributed by atoms with Gasteiger partial charge < -0.3 is 15.5 Å². The molecule has 1 aliphatic rings. The van der Waals surface area contributed by atoms with Crippen LogP contribution in [0.25, 0.3) is 0 Å². The van der Waals surface area contributed by atoms with E-state index in [-0.39, 0.29) is 29.8 Å². The summed E-state index contributed by atoms with van der Waals surface area (Å²) >= 11 is 0. The molecule has 2 aromatic carbocycles. The highest BCUT2D eigenvalue weighted by atomic mass is 127. The summed E-state index contributed by atoms with van der Waals surface area (Å²) in [5.41, 5.74) is 3.17. The second-order valence-electron chi connectivity index (χ2n) is 7.40. The fourth-order valence-electron chi connectivity index (χ4n) is 3.51. The molecular formula is C23H33FIN5. The molecule has 3 rings (SSSR count). The molecule has 0 aliphatic carbocycles. The summed E-state index contributed by atoms with van der Waals surface area (Å²) in [5, 5.41) is 6.45. The second kappa shape index (κ2) is 12.9. The Morgan fingerprint density at radius 3 is 2.13 bits per heavy atom. The van der Waals surface area contributed by atoms with Crippen LogP contribution in [-0.2, 0) is 19.6 Å². The SMILES string of the molecule is CCN1CCN(Cc2ccc(CNC(=NC)NCc3ccccc3F)cc2)CC1.I. The number of halogens is 2. The average molecular weight is 525 g/mol. The first-order chi connectivity index (χ1) is 14.2. The highest BCUT2D eigenvalue weighted by molar-refractivity contribution is 14.0. The van der Waals surface area contributed by atoms with E-state index in [1.807, 2.05) is 6.07 Å². The summed E-state index contributed by atoms with van der Waals surface area (Å²) in [6.45, 7) is 10.1. The standard InChI is InChI=1S/C23H32FN5.HI/c1-3-28-12-14-29(15-13-28)18-20-10-8-19(9-11-20)16-26-23(25-2)27-17-21-6-4-5-7-22(21)24;/h4-11H,3,12-18H2,1-2H3,(H2,25,26,27);1H. The van der Waals surface area contributed by atoms with Crippen molar-refractivity contribution in [1.82, 2.24) is 20.4 Å². The molecule has 1 aliphatic heterocycles. The van der Waals surface area contributed by atoms with Crippen molar-refractivity contribution >= 4 is 29.9 Å². The van der Waals surface area contributed by atoms with Gasteiger partial charge >= 0.3 is 0 Å². The number of piperazine rings is 1. The molecule has 0 bridgehead atoms. The molecule has 0 saturated carbocycles. The topological polar surface area (TPSA) is 42.9 Å². The number of nitrogens with zero attached hydrogens (tertiary/aromatic N) is 3. The van der Waals surface area contributed by atoms with Crippen LogP contribution >= 0.6 is 24.0 Å². The fraction of sp³-hybridized carbons (Fsp3) is 0.435. The quantitative estimate of drug-likeness (QED) is 0.330. The van der Waals surface area contributed by atoms with Gasteiger partial charge in [0.15, 0.2) is 5.96 Å². The van der Waals surface area contributed by atoms with Crippen LogP contribution in [0.15, 0.2) is 53.5 Å². The molecule has 1 saturated heterocycles. The number of nitrogens with one attached hydrogen (secondary N) is 2. The van der Waals surface area contributed by atoms with E-state index >= 15 is 0 Å². The summed E-state index contributed by atoms with van der Waals surface area (Å²) in [5.74, 6) is 0.452. The number of rotatable bonds is 7. The molecule has 2 N–H and O–H groups in total. The molecule has 2 aromatic rings. The van der Waals surface area contributed by atoms with Gasteiger partial charge in [-0.15, -0.1) is 24.0 Å². The van der Waals surface area contributed by atoms with E-state index in [1.165, 1.54) is 17.2 Å². The normalized spacial score (nSPS) is 15.5. The van der Waals surface area contributed by atoms with Crippen LogP contribution in [0.1, 0.15) is 23.6 Å². The van der Waals surface area contributed by atoms with Crippen molar-refractivity contribution in [2.45, 2.75) is 26.6 Å². The lowest BCUT2D eigenvalue weighted by Crippen LogP contribution is -2.45.